The number of carbonyl (C=O) groups excluding carboxylic acids is 1. The zero-order valence-corrected chi connectivity index (χ0v) is 10.8. The normalized spacial score (nSPS) is 9.94. The minimum absolute atomic E-state index is 0.240. The van der Waals surface area contributed by atoms with E-state index in [1.54, 1.807) is 30.9 Å². The molecule has 0 fully saturated rings. The lowest BCUT2D eigenvalue weighted by Gasteiger charge is -2.07. The van der Waals surface area contributed by atoms with E-state index < -0.39 is 0 Å². The van der Waals surface area contributed by atoms with Crippen molar-refractivity contribution in [3.8, 4) is 0 Å². The average Bonchev–Trinajstić information content (AvgIpc) is 2.30. The molecule has 0 bridgehead atoms. The fraction of sp³-hybridized carbons (Fsp3) is 0.400. The van der Waals surface area contributed by atoms with E-state index in [2.05, 4.69) is 15.6 Å². The molecule has 0 atom stereocenters. The molecule has 16 heavy (non-hydrogen) atoms. The van der Waals surface area contributed by atoms with Crippen LogP contribution in [-0.4, -0.2) is 36.5 Å². The molecule has 88 valence electrons. The molecule has 0 saturated heterocycles. The maximum absolute atomic E-state index is 11.7. The predicted octanol–water partition coefficient (Wildman–Crippen LogP) is 1.87. The van der Waals surface area contributed by atoms with Crippen molar-refractivity contribution in [2.24, 2.45) is 0 Å². The first-order valence-electron chi connectivity index (χ1n) is 4.80. The van der Waals surface area contributed by atoms with Crippen molar-refractivity contribution < 1.29 is 4.79 Å². The first kappa shape index (κ1) is 13.1. The largest absolute Gasteiger partial charge is 0.373 e. The number of anilines is 1. The van der Waals surface area contributed by atoms with Crippen LogP contribution in [0.3, 0.4) is 0 Å². The summed E-state index contributed by atoms with van der Waals surface area (Å²) in [6.07, 6.45) is 1.99. The zero-order valence-electron chi connectivity index (χ0n) is 9.21. The average molecular weight is 260 g/mol. The summed E-state index contributed by atoms with van der Waals surface area (Å²) in [4.78, 5) is 15.8. The van der Waals surface area contributed by atoms with E-state index in [1.807, 2.05) is 6.26 Å². The maximum atomic E-state index is 11.7. The highest BCUT2D eigenvalue weighted by Crippen LogP contribution is 2.16. The Morgan fingerprint density at radius 2 is 2.31 bits per heavy atom. The summed E-state index contributed by atoms with van der Waals surface area (Å²) in [5.74, 6) is 1.25. The second-order valence-corrected chi connectivity index (χ2v) is 4.42. The molecular formula is C10H14ClN3OS. The van der Waals surface area contributed by atoms with Crippen LogP contribution in [0.5, 0.6) is 0 Å². The van der Waals surface area contributed by atoms with Crippen molar-refractivity contribution in [2.45, 2.75) is 0 Å². The Morgan fingerprint density at radius 1 is 1.56 bits per heavy atom. The summed E-state index contributed by atoms with van der Waals surface area (Å²) in [5.41, 5.74) is 0.259. The first-order chi connectivity index (χ1) is 7.69. The number of hydrogen-bond donors (Lipinski definition) is 2. The van der Waals surface area contributed by atoms with Crippen LogP contribution in [0.25, 0.3) is 0 Å². The van der Waals surface area contributed by atoms with Gasteiger partial charge in [0.15, 0.2) is 0 Å². The van der Waals surface area contributed by atoms with Gasteiger partial charge < -0.3 is 10.6 Å². The van der Waals surface area contributed by atoms with Gasteiger partial charge in [0.05, 0.1) is 5.02 Å². The number of rotatable bonds is 5. The first-order valence-corrected chi connectivity index (χ1v) is 6.57. The number of carbonyl (C=O) groups is 1. The van der Waals surface area contributed by atoms with Gasteiger partial charge in [-0.3, -0.25) is 4.79 Å². The lowest BCUT2D eigenvalue weighted by Crippen LogP contribution is -2.27. The second-order valence-electron chi connectivity index (χ2n) is 3.03. The van der Waals surface area contributed by atoms with Gasteiger partial charge in [-0.15, -0.1) is 0 Å². The van der Waals surface area contributed by atoms with Crippen molar-refractivity contribution in [2.75, 3.05) is 30.9 Å². The van der Waals surface area contributed by atoms with Crippen LogP contribution in [0.15, 0.2) is 12.1 Å². The van der Waals surface area contributed by atoms with E-state index in [0.29, 0.717) is 17.4 Å². The minimum atomic E-state index is -0.240. The molecule has 0 saturated carbocycles. The third kappa shape index (κ3) is 3.57. The van der Waals surface area contributed by atoms with Crippen LogP contribution in [0, 0.1) is 0 Å². The number of hydrogen-bond acceptors (Lipinski definition) is 4. The van der Waals surface area contributed by atoms with Crippen LogP contribution in [-0.2, 0) is 0 Å². The molecule has 1 aromatic heterocycles. The van der Waals surface area contributed by atoms with Crippen LogP contribution >= 0.6 is 23.4 Å². The van der Waals surface area contributed by atoms with Gasteiger partial charge in [0.25, 0.3) is 5.91 Å². The van der Waals surface area contributed by atoms with E-state index in [0.717, 1.165) is 5.75 Å². The summed E-state index contributed by atoms with van der Waals surface area (Å²) in [6.45, 7) is 0.613. The van der Waals surface area contributed by atoms with Gasteiger partial charge in [-0.25, -0.2) is 4.98 Å². The van der Waals surface area contributed by atoms with Crippen LogP contribution < -0.4 is 10.6 Å². The zero-order chi connectivity index (χ0) is 12.0. The molecule has 1 heterocycles. The molecular weight excluding hydrogens is 246 g/mol. The molecule has 0 aliphatic heterocycles. The molecule has 0 radical (unpaired) electrons. The highest BCUT2D eigenvalue weighted by molar-refractivity contribution is 7.98. The van der Waals surface area contributed by atoms with Gasteiger partial charge in [-0.05, 0) is 18.4 Å². The molecule has 1 rings (SSSR count). The quantitative estimate of drug-likeness (QED) is 0.793. The number of nitrogens with zero attached hydrogens (tertiary/aromatic N) is 1. The van der Waals surface area contributed by atoms with E-state index in [1.165, 1.54) is 0 Å². The summed E-state index contributed by atoms with van der Waals surface area (Å²) in [7, 11) is 1.74. The maximum Gasteiger partial charge on any atom is 0.271 e. The van der Waals surface area contributed by atoms with Crippen molar-refractivity contribution in [1.82, 2.24) is 10.3 Å². The number of pyridine rings is 1. The topological polar surface area (TPSA) is 54.0 Å². The Bertz CT molecular complexity index is 373. The smallest absolute Gasteiger partial charge is 0.271 e. The second kappa shape index (κ2) is 6.60. The lowest BCUT2D eigenvalue weighted by atomic mass is 10.3. The number of amides is 1. The Hall–Kier alpha value is -0.940. The molecule has 6 heteroatoms. The monoisotopic (exact) mass is 259 g/mol. The van der Waals surface area contributed by atoms with Crippen molar-refractivity contribution in [3.05, 3.63) is 22.8 Å². The van der Waals surface area contributed by atoms with Gasteiger partial charge in [-0.2, -0.15) is 11.8 Å². The number of nitrogens with one attached hydrogen (secondary N) is 2. The number of aromatic nitrogens is 1. The molecule has 2 N–H and O–H groups in total. The fourth-order valence-corrected chi connectivity index (χ4v) is 1.59. The molecule has 0 aliphatic rings. The molecule has 0 spiro atoms. The molecule has 0 unspecified atom stereocenters. The van der Waals surface area contributed by atoms with E-state index >= 15 is 0 Å². The summed E-state index contributed by atoms with van der Waals surface area (Å²) < 4.78 is 0. The SMILES string of the molecule is CNc1ccc(Cl)c(C(=O)NCCSC)n1. The molecule has 1 aromatic rings. The highest BCUT2D eigenvalue weighted by Gasteiger charge is 2.12. The van der Waals surface area contributed by atoms with Crippen molar-refractivity contribution in [3.63, 3.8) is 0 Å². The van der Waals surface area contributed by atoms with Gasteiger partial charge in [-0.1, -0.05) is 11.6 Å². The Labute approximate surface area is 104 Å². The van der Waals surface area contributed by atoms with Crippen molar-refractivity contribution >= 4 is 35.1 Å². The Morgan fingerprint density at radius 3 is 2.94 bits per heavy atom. The highest BCUT2D eigenvalue weighted by atomic mass is 35.5. The predicted molar refractivity (Wildman–Crippen MR) is 69.5 cm³/mol. The van der Waals surface area contributed by atoms with E-state index in [9.17, 15) is 4.79 Å². The third-order valence-corrected chi connectivity index (χ3v) is 2.83. The number of thioether (sulfide) groups is 1. The molecule has 4 nitrogen and oxygen atoms in total. The van der Waals surface area contributed by atoms with Crippen molar-refractivity contribution in [1.29, 1.82) is 0 Å². The van der Waals surface area contributed by atoms with Gasteiger partial charge in [0.2, 0.25) is 0 Å². The summed E-state index contributed by atoms with van der Waals surface area (Å²) in [5, 5.41) is 5.98. The Kier molecular flexibility index (Phi) is 5.42. The number of halogens is 1. The van der Waals surface area contributed by atoms with Crippen LogP contribution in [0.2, 0.25) is 5.02 Å². The van der Waals surface area contributed by atoms with Crippen LogP contribution in [0.4, 0.5) is 5.82 Å². The van der Waals surface area contributed by atoms with Crippen LogP contribution in [0.1, 0.15) is 10.5 Å². The van der Waals surface area contributed by atoms with Gasteiger partial charge in [0.1, 0.15) is 11.5 Å². The van der Waals surface area contributed by atoms with Gasteiger partial charge >= 0.3 is 0 Å². The fourth-order valence-electron chi connectivity index (χ4n) is 1.09. The molecule has 0 aliphatic carbocycles. The molecule has 0 aromatic carbocycles. The van der Waals surface area contributed by atoms with E-state index in [4.69, 9.17) is 11.6 Å². The standard InChI is InChI=1S/C10H14ClN3OS/c1-12-8-4-3-7(11)9(14-8)10(15)13-5-6-16-2/h3-4H,5-6H2,1-2H3,(H,12,14)(H,13,15). The third-order valence-electron chi connectivity index (χ3n) is 1.91. The molecule has 1 amide bonds. The van der Waals surface area contributed by atoms with E-state index in [-0.39, 0.29) is 11.6 Å². The summed E-state index contributed by atoms with van der Waals surface area (Å²) in [6, 6.07) is 3.38. The minimum Gasteiger partial charge on any atom is -0.373 e. The summed E-state index contributed by atoms with van der Waals surface area (Å²) >= 11 is 7.57. The Balaban J connectivity index is 2.73. The lowest BCUT2D eigenvalue weighted by molar-refractivity contribution is 0.0951. The van der Waals surface area contributed by atoms with Gasteiger partial charge in [0, 0.05) is 19.3 Å².